The number of fused-ring (bicyclic) bond motifs is 1. The van der Waals surface area contributed by atoms with Gasteiger partial charge in [-0.25, -0.2) is 9.37 Å². The average molecular weight is 320 g/mol. The van der Waals surface area contributed by atoms with E-state index >= 15 is 0 Å². The molecule has 2 aromatic rings. The number of rotatable bonds is 6. The fourth-order valence-electron chi connectivity index (χ4n) is 3.17. The van der Waals surface area contributed by atoms with Crippen LogP contribution in [0.1, 0.15) is 19.8 Å². The largest absolute Gasteiger partial charge is 0.480 e. The number of carbonyl (C=O) groups is 1. The zero-order chi connectivity index (χ0) is 16.6. The fourth-order valence-corrected chi connectivity index (χ4v) is 3.17. The predicted molar refractivity (Wildman–Crippen MR) is 86.0 cm³/mol. The quantitative estimate of drug-likeness (QED) is 0.852. The lowest BCUT2D eigenvalue weighted by molar-refractivity contribution is -0.139. The number of carboxylic acid groups (broad SMARTS) is 1. The van der Waals surface area contributed by atoms with Crippen LogP contribution in [0.25, 0.3) is 11.0 Å². The number of para-hydroxylation sites is 1. The van der Waals surface area contributed by atoms with Crippen LogP contribution in [-0.4, -0.2) is 50.7 Å². The van der Waals surface area contributed by atoms with E-state index in [-0.39, 0.29) is 24.4 Å². The van der Waals surface area contributed by atoms with Crippen molar-refractivity contribution >= 4 is 23.0 Å². The standard InChI is InChI=1S/C16H21FN4O2/c1-3-21(9-14(22)23)11-7-10(8-11)18-16-19-15-12(17)5-4-6-13(15)20(16)2/h4-6,10-11H,3,7-9H2,1-2H3,(H,18,19)(H,22,23). The molecule has 124 valence electrons. The summed E-state index contributed by atoms with van der Waals surface area (Å²) in [6, 6.07) is 5.43. The minimum atomic E-state index is -0.797. The number of carboxylic acids is 1. The number of aromatic nitrogens is 2. The minimum Gasteiger partial charge on any atom is -0.480 e. The lowest BCUT2D eigenvalue weighted by atomic mass is 9.85. The molecule has 0 aliphatic heterocycles. The number of nitrogens with zero attached hydrogens (tertiary/aromatic N) is 3. The van der Waals surface area contributed by atoms with Gasteiger partial charge in [0.05, 0.1) is 12.1 Å². The van der Waals surface area contributed by atoms with Crippen molar-refractivity contribution in [3.05, 3.63) is 24.0 Å². The molecule has 0 unspecified atom stereocenters. The van der Waals surface area contributed by atoms with Crippen molar-refractivity contribution in [3.63, 3.8) is 0 Å². The number of hydrogen-bond acceptors (Lipinski definition) is 4. The maximum atomic E-state index is 13.8. The molecule has 1 fully saturated rings. The van der Waals surface area contributed by atoms with Crippen LogP contribution in [0.4, 0.5) is 10.3 Å². The topological polar surface area (TPSA) is 70.4 Å². The van der Waals surface area contributed by atoms with E-state index in [0.717, 1.165) is 24.9 Å². The second kappa shape index (κ2) is 6.16. The van der Waals surface area contributed by atoms with Crippen molar-refractivity contribution in [1.29, 1.82) is 0 Å². The van der Waals surface area contributed by atoms with Crippen LogP contribution in [0.3, 0.4) is 0 Å². The number of benzene rings is 1. The third-order valence-electron chi connectivity index (χ3n) is 4.57. The van der Waals surface area contributed by atoms with E-state index in [0.29, 0.717) is 11.5 Å². The molecule has 1 aliphatic carbocycles. The number of anilines is 1. The van der Waals surface area contributed by atoms with E-state index in [9.17, 15) is 9.18 Å². The Kier molecular flexibility index (Phi) is 4.21. The third kappa shape index (κ3) is 3.01. The van der Waals surface area contributed by atoms with Gasteiger partial charge in [-0.15, -0.1) is 0 Å². The van der Waals surface area contributed by atoms with Gasteiger partial charge >= 0.3 is 5.97 Å². The summed E-state index contributed by atoms with van der Waals surface area (Å²) >= 11 is 0. The Hall–Kier alpha value is -2.15. The highest BCUT2D eigenvalue weighted by Gasteiger charge is 2.34. The maximum Gasteiger partial charge on any atom is 0.317 e. The molecule has 0 radical (unpaired) electrons. The Labute approximate surface area is 133 Å². The van der Waals surface area contributed by atoms with Crippen LogP contribution >= 0.6 is 0 Å². The summed E-state index contributed by atoms with van der Waals surface area (Å²) in [5.41, 5.74) is 1.12. The molecule has 0 amide bonds. The second-order valence-corrected chi connectivity index (χ2v) is 6.03. The van der Waals surface area contributed by atoms with E-state index in [2.05, 4.69) is 10.3 Å². The van der Waals surface area contributed by atoms with Crippen LogP contribution < -0.4 is 5.32 Å². The average Bonchev–Trinajstić information content (AvgIpc) is 2.78. The highest BCUT2D eigenvalue weighted by atomic mass is 19.1. The van der Waals surface area contributed by atoms with Crippen molar-refractivity contribution < 1.29 is 14.3 Å². The number of halogens is 1. The Morgan fingerprint density at radius 2 is 2.26 bits per heavy atom. The van der Waals surface area contributed by atoms with Gasteiger partial charge in [-0.1, -0.05) is 13.0 Å². The first-order valence-electron chi connectivity index (χ1n) is 7.83. The first kappa shape index (κ1) is 15.7. The van der Waals surface area contributed by atoms with Crippen LogP contribution in [0.15, 0.2) is 18.2 Å². The SMILES string of the molecule is CCN(CC(=O)O)C1CC(Nc2nc3c(F)cccc3n2C)C1. The Morgan fingerprint density at radius 3 is 2.87 bits per heavy atom. The van der Waals surface area contributed by atoms with Gasteiger partial charge in [0.2, 0.25) is 5.95 Å². The van der Waals surface area contributed by atoms with E-state index in [4.69, 9.17) is 5.11 Å². The molecule has 7 heteroatoms. The van der Waals surface area contributed by atoms with Gasteiger partial charge in [0.25, 0.3) is 0 Å². The van der Waals surface area contributed by atoms with E-state index < -0.39 is 5.97 Å². The molecule has 1 heterocycles. The molecular formula is C16H21FN4O2. The summed E-state index contributed by atoms with van der Waals surface area (Å²) in [4.78, 5) is 17.2. The Morgan fingerprint density at radius 1 is 1.52 bits per heavy atom. The Balaban J connectivity index is 1.65. The summed E-state index contributed by atoms with van der Waals surface area (Å²) in [6.07, 6.45) is 1.74. The van der Waals surface area contributed by atoms with Crippen LogP contribution in [-0.2, 0) is 11.8 Å². The van der Waals surface area contributed by atoms with Gasteiger partial charge in [0.1, 0.15) is 5.52 Å². The molecule has 1 aromatic carbocycles. The summed E-state index contributed by atoms with van der Waals surface area (Å²) in [7, 11) is 1.86. The maximum absolute atomic E-state index is 13.8. The van der Waals surface area contributed by atoms with Crippen molar-refractivity contribution in [1.82, 2.24) is 14.5 Å². The summed E-state index contributed by atoms with van der Waals surface area (Å²) in [6.45, 7) is 2.77. The molecule has 0 saturated heterocycles. The third-order valence-corrected chi connectivity index (χ3v) is 4.57. The van der Waals surface area contributed by atoms with E-state index in [1.807, 2.05) is 29.5 Å². The molecule has 6 nitrogen and oxygen atoms in total. The molecule has 1 aromatic heterocycles. The van der Waals surface area contributed by atoms with Crippen molar-refractivity contribution in [2.75, 3.05) is 18.4 Å². The molecule has 3 rings (SSSR count). The van der Waals surface area contributed by atoms with Crippen LogP contribution in [0, 0.1) is 5.82 Å². The summed E-state index contributed by atoms with van der Waals surface area (Å²) in [5, 5.41) is 12.3. The van der Waals surface area contributed by atoms with Crippen LogP contribution in [0.2, 0.25) is 0 Å². The summed E-state index contributed by atoms with van der Waals surface area (Å²) < 4.78 is 15.6. The zero-order valence-corrected chi connectivity index (χ0v) is 13.3. The lowest BCUT2D eigenvalue weighted by Crippen LogP contribution is -2.51. The number of aliphatic carboxylic acids is 1. The number of aryl methyl sites for hydroxylation is 1. The minimum absolute atomic E-state index is 0.0748. The smallest absolute Gasteiger partial charge is 0.317 e. The highest BCUT2D eigenvalue weighted by molar-refractivity contribution is 5.79. The molecule has 1 saturated carbocycles. The van der Waals surface area contributed by atoms with E-state index in [1.165, 1.54) is 6.07 Å². The number of likely N-dealkylation sites (N-methyl/N-ethyl adjacent to an activating group) is 1. The molecular weight excluding hydrogens is 299 g/mol. The van der Waals surface area contributed by atoms with Gasteiger partial charge in [0, 0.05) is 19.1 Å². The first-order chi connectivity index (χ1) is 11.0. The fraction of sp³-hybridized carbons (Fsp3) is 0.500. The Bertz CT molecular complexity index is 724. The molecule has 0 bridgehead atoms. The predicted octanol–water partition coefficient (Wildman–Crippen LogP) is 2.06. The normalized spacial score (nSPS) is 20.7. The molecule has 23 heavy (non-hydrogen) atoms. The number of hydrogen-bond donors (Lipinski definition) is 2. The lowest BCUT2D eigenvalue weighted by Gasteiger charge is -2.42. The number of nitrogens with one attached hydrogen (secondary N) is 1. The van der Waals surface area contributed by atoms with Crippen molar-refractivity contribution in [2.45, 2.75) is 31.8 Å². The summed E-state index contributed by atoms with van der Waals surface area (Å²) in [5.74, 6) is -0.472. The first-order valence-corrected chi connectivity index (χ1v) is 7.83. The van der Waals surface area contributed by atoms with E-state index in [1.54, 1.807) is 6.07 Å². The van der Waals surface area contributed by atoms with Gasteiger partial charge in [-0.05, 0) is 31.5 Å². The van der Waals surface area contributed by atoms with Crippen LogP contribution in [0.5, 0.6) is 0 Å². The van der Waals surface area contributed by atoms with Crippen molar-refractivity contribution in [2.24, 2.45) is 7.05 Å². The molecule has 2 N–H and O–H groups in total. The monoisotopic (exact) mass is 320 g/mol. The second-order valence-electron chi connectivity index (χ2n) is 6.03. The molecule has 1 aliphatic rings. The molecule has 0 atom stereocenters. The van der Waals surface area contributed by atoms with Crippen molar-refractivity contribution in [3.8, 4) is 0 Å². The van der Waals surface area contributed by atoms with Gasteiger partial charge < -0.3 is 15.0 Å². The molecule has 0 spiro atoms. The zero-order valence-electron chi connectivity index (χ0n) is 13.3. The number of imidazole rings is 1. The van der Waals surface area contributed by atoms with Gasteiger partial charge in [-0.3, -0.25) is 9.69 Å². The van der Waals surface area contributed by atoms with Gasteiger partial charge in [-0.2, -0.15) is 0 Å². The van der Waals surface area contributed by atoms with Gasteiger partial charge in [0.15, 0.2) is 5.82 Å². The highest BCUT2D eigenvalue weighted by Crippen LogP contribution is 2.29.